The van der Waals surface area contributed by atoms with E-state index in [4.69, 9.17) is 11.6 Å². The number of hydrogen-bond acceptors (Lipinski definition) is 4. The molecule has 1 amide bonds. The molecule has 1 fully saturated rings. The predicted molar refractivity (Wildman–Crippen MR) is 58.2 cm³/mol. The predicted octanol–water partition coefficient (Wildman–Crippen LogP) is 0.727. The van der Waals surface area contributed by atoms with Crippen LogP contribution in [-0.4, -0.2) is 45.3 Å². The van der Waals surface area contributed by atoms with Crippen molar-refractivity contribution in [2.45, 2.75) is 18.9 Å². The van der Waals surface area contributed by atoms with Crippen LogP contribution in [0.3, 0.4) is 0 Å². The molecule has 2 heterocycles. The topological polar surface area (TPSA) is 66.3 Å². The highest BCUT2D eigenvalue weighted by Crippen LogP contribution is 2.13. The number of aromatic nitrogens is 2. The van der Waals surface area contributed by atoms with Crippen molar-refractivity contribution in [2.75, 3.05) is 13.1 Å². The molecule has 0 aliphatic carbocycles. The summed E-state index contributed by atoms with van der Waals surface area (Å²) in [5.41, 5.74) is 0.263. The minimum atomic E-state index is -0.432. The maximum Gasteiger partial charge on any atom is 0.274 e. The van der Waals surface area contributed by atoms with E-state index in [0.29, 0.717) is 13.1 Å². The van der Waals surface area contributed by atoms with Crippen LogP contribution in [0.2, 0.25) is 5.15 Å². The second kappa shape index (κ2) is 4.76. The van der Waals surface area contributed by atoms with Crippen LogP contribution >= 0.6 is 11.6 Å². The summed E-state index contributed by atoms with van der Waals surface area (Å²) in [7, 11) is 0. The zero-order valence-corrected chi connectivity index (χ0v) is 9.39. The molecular formula is C10H12ClN3O2. The summed E-state index contributed by atoms with van der Waals surface area (Å²) in [6.07, 6.45) is 1.13. The Morgan fingerprint density at radius 2 is 2.31 bits per heavy atom. The van der Waals surface area contributed by atoms with Crippen LogP contribution < -0.4 is 0 Å². The highest BCUT2D eigenvalue weighted by atomic mass is 35.5. The molecule has 6 heteroatoms. The van der Waals surface area contributed by atoms with Crippen LogP contribution in [0.1, 0.15) is 23.3 Å². The molecule has 1 unspecified atom stereocenters. The zero-order chi connectivity index (χ0) is 11.5. The Kier molecular flexibility index (Phi) is 3.36. The van der Waals surface area contributed by atoms with Gasteiger partial charge in [0.1, 0.15) is 0 Å². The van der Waals surface area contributed by atoms with E-state index in [-0.39, 0.29) is 16.8 Å². The van der Waals surface area contributed by atoms with E-state index in [2.05, 4.69) is 10.2 Å². The first kappa shape index (κ1) is 11.3. The molecule has 1 atom stereocenters. The number of rotatable bonds is 1. The number of carbonyl (C=O) groups is 1. The Balaban J connectivity index is 2.09. The van der Waals surface area contributed by atoms with Gasteiger partial charge in [-0.15, -0.1) is 10.2 Å². The van der Waals surface area contributed by atoms with Crippen molar-refractivity contribution >= 4 is 17.5 Å². The van der Waals surface area contributed by atoms with Crippen molar-refractivity contribution in [3.63, 3.8) is 0 Å². The quantitative estimate of drug-likeness (QED) is 0.787. The second-order valence-electron chi connectivity index (χ2n) is 3.79. The van der Waals surface area contributed by atoms with Gasteiger partial charge in [-0.2, -0.15) is 0 Å². The molecule has 0 aromatic carbocycles. The molecule has 16 heavy (non-hydrogen) atoms. The van der Waals surface area contributed by atoms with Gasteiger partial charge >= 0.3 is 0 Å². The number of β-amino-alcohol motifs (C(OH)–C–C–N with tert-alkyl or cyclic N) is 1. The van der Waals surface area contributed by atoms with Crippen molar-refractivity contribution in [1.29, 1.82) is 0 Å². The zero-order valence-electron chi connectivity index (χ0n) is 8.64. The fraction of sp³-hybridized carbons (Fsp3) is 0.500. The van der Waals surface area contributed by atoms with Crippen molar-refractivity contribution in [3.05, 3.63) is 23.0 Å². The molecule has 1 aromatic rings. The van der Waals surface area contributed by atoms with Crippen LogP contribution in [0.5, 0.6) is 0 Å². The van der Waals surface area contributed by atoms with E-state index in [0.717, 1.165) is 12.8 Å². The standard InChI is InChI=1S/C10H12ClN3O2/c11-9-4-3-8(12-13-9)10(16)14-5-1-2-7(15)6-14/h3-4,7,15H,1-2,5-6H2. The van der Waals surface area contributed by atoms with E-state index >= 15 is 0 Å². The molecule has 5 nitrogen and oxygen atoms in total. The minimum Gasteiger partial charge on any atom is -0.391 e. The van der Waals surface area contributed by atoms with Gasteiger partial charge in [-0.1, -0.05) is 11.6 Å². The number of halogens is 1. The summed E-state index contributed by atoms with van der Waals surface area (Å²) in [5.74, 6) is -0.206. The number of likely N-dealkylation sites (tertiary alicyclic amines) is 1. The Labute approximate surface area is 98.0 Å². The summed E-state index contributed by atoms with van der Waals surface area (Å²) in [4.78, 5) is 13.5. The van der Waals surface area contributed by atoms with Gasteiger partial charge in [-0.3, -0.25) is 4.79 Å². The lowest BCUT2D eigenvalue weighted by molar-refractivity contribution is 0.0468. The number of carbonyl (C=O) groups excluding carboxylic acids is 1. The summed E-state index contributed by atoms with van der Waals surface area (Å²) >= 11 is 5.59. The number of aliphatic hydroxyl groups is 1. The van der Waals surface area contributed by atoms with Gasteiger partial charge in [-0.25, -0.2) is 0 Å². The lowest BCUT2D eigenvalue weighted by atomic mass is 10.1. The number of hydrogen-bond donors (Lipinski definition) is 1. The number of aliphatic hydroxyl groups excluding tert-OH is 1. The lowest BCUT2D eigenvalue weighted by Gasteiger charge is -2.29. The molecule has 1 saturated heterocycles. The fourth-order valence-corrected chi connectivity index (χ4v) is 1.83. The number of nitrogens with zero attached hydrogens (tertiary/aromatic N) is 3. The number of amides is 1. The van der Waals surface area contributed by atoms with Crippen molar-refractivity contribution < 1.29 is 9.90 Å². The first-order valence-corrected chi connectivity index (χ1v) is 5.51. The van der Waals surface area contributed by atoms with E-state index < -0.39 is 6.10 Å². The molecule has 0 bridgehead atoms. The Bertz CT molecular complexity index is 382. The van der Waals surface area contributed by atoms with Crippen LogP contribution in [-0.2, 0) is 0 Å². The third kappa shape index (κ3) is 2.48. The van der Waals surface area contributed by atoms with Gasteiger partial charge in [0.25, 0.3) is 5.91 Å². The second-order valence-corrected chi connectivity index (χ2v) is 4.18. The van der Waals surface area contributed by atoms with Crippen molar-refractivity contribution in [2.24, 2.45) is 0 Å². The Morgan fingerprint density at radius 3 is 2.94 bits per heavy atom. The molecule has 0 radical (unpaired) electrons. The van der Waals surface area contributed by atoms with Gasteiger partial charge < -0.3 is 10.0 Å². The van der Waals surface area contributed by atoms with Crippen molar-refractivity contribution in [3.8, 4) is 0 Å². The van der Waals surface area contributed by atoms with Gasteiger partial charge in [0.2, 0.25) is 0 Å². The minimum absolute atomic E-state index is 0.206. The summed E-state index contributed by atoms with van der Waals surface area (Å²) in [6, 6.07) is 3.07. The molecule has 1 aliphatic heterocycles. The Morgan fingerprint density at radius 1 is 1.50 bits per heavy atom. The van der Waals surface area contributed by atoms with Gasteiger partial charge in [0.05, 0.1) is 6.10 Å². The SMILES string of the molecule is O=C(c1ccc(Cl)nn1)N1CCCC(O)C1. The largest absolute Gasteiger partial charge is 0.391 e. The molecular weight excluding hydrogens is 230 g/mol. The highest BCUT2D eigenvalue weighted by molar-refractivity contribution is 6.29. The molecule has 0 spiro atoms. The third-order valence-electron chi connectivity index (χ3n) is 2.53. The fourth-order valence-electron chi connectivity index (χ4n) is 1.73. The maximum absolute atomic E-state index is 11.9. The maximum atomic E-state index is 11.9. The molecule has 1 N–H and O–H groups in total. The first-order valence-electron chi connectivity index (χ1n) is 5.13. The normalized spacial score (nSPS) is 20.9. The van der Waals surface area contributed by atoms with Gasteiger partial charge in [-0.05, 0) is 25.0 Å². The van der Waals surface area contributed by atoms with E-state index in [1.807, 2.05) is 0 Å². The summed E-state index contributed by atoms with van der Waals surface area (Å²) in [5, 5.41) is 17.1. The van der Waals surface area contributed by atoms with Gasteiger partial charge in [0, 0.05) is 13.1 Å². The lowest BCUT2D eigenvalue weighted by Crippen LogP contribution is -2.42. The van der Waals surface area contributed by atoms with E-state index in [1.54, 1.807) is 11.0 Å². The summed E-state index contributed by atoms with van der Waals surface area (Å²) in [6.45, 7) is 1.02. The molecule has 1 aliphatic rings. The third-order valence-corrected chi connectivity index (χ3v) is 2.74. The summed E-state index contributed by atoms with van der Waals surface area (Å²) < 4.78 is 0. The van der Waals surface area contributed by atoms with Crippen LogP contribution in [0.25, 0.3) is 0 Å². The molecule has 0 saturated carbocycles. The van der Waals surface area contributed by atoms with Crippen LogP contribution in [0.4, 0.5) is 0 Å². The first-order chi connectivity index (χ1) is 7.66. The molecule has 2 rings (SSSR count). The highest BCUT2D eigenvalue weighted by Gasteiger charge is 2.23. The monoisotopic (exact) mass is 241 g/mol. The van der Waals surface area contributed by atoms with Gasteiger partial charge in [0.15, 0.2) is 10.8 Å². The van der Waals surface area contributed by atoms with Crippen LogP contribution in [0.15, 0.2) is 12.1 Å². The average molecular weight is 242 g/mol. The van der Waals surface area contributed by atoms with Crippen molar-refractivity contribution in [1.82, 2.24) is 15.1 Å². The molecule has 1 aromatic heterocycles. The average Bonchev–Trinajstić information content (AvgIpc) is 2.29. The van der Waals surface area contributed by atoms with Crippen LogP contribution in [0, 0.1) is 0 Å². The molecule has 86 valence electrons. The van der Waals surface area contributed by atoms with E-state index in [1.165, 1.54) is 6.07 Å². The number of piperidine rings is 1. The smallest absolute Gasteiger partial charge is 0.274 e. The Hall–Kier alpha value is -1.20. The van der Waals surface area contributed by atoms with E-state index in [9.17, 15) is 9.90 Å².